The second kappa shape index (κ2) is 4.50. The first kappa shape index (κ1) is 10.4. The quantitative estimate of drug-likeness (QED) is 0.766. The van der Waals surface area contributed by atoms with E-state index < -0.39 is 5.97 Å². The second-order valence-electron chi connectivity index (χ2n) is 2.94. The number of benzene rings is 1. The largest absolute Gasteiger partial charge is 0.508 e. The molecule has 1 rings (SSSR count). The van der Waals surface area contributed by atoms with Crippen LogP contribution in [0.25, 0.3) is 0 Å². The van der Waals surface area contributed by atoms with Gasteiger partial charge in [-0.3, -0.25) is 4.79 Å². The Kier molecular flexibility index (Phi) is 3.34. The summed E-state index contributed by atoms with van der Waals surface area (Å²) in [6.45, 7) is 1.93. The maximum absolute atomic E-state index is 10.2. The SMILES string of the molecule is Cc1cc(O)ccc1OCCC(=O)O. The molecule has 0 amide bonds. The Balaban J connectivity index is 2.55. The molecule has 1 aromatic rings. The maximum Gasteiger partial charge on any atom is 0.306 e. The van der Waals surface area contributed by atoms with Gasteiger partial charge >= 0.3 is 5.97 Å². The summed E-state index contributed by atoms with van der Waals surface area (Å²) >= 11 is 0. The highest BCUT2D eigenvalue weighted by Crippen LogP contribution is 2.22. The van der Waals surface area contributed by atoms with E-state index in [1.54, 1.807) is 19.1 Å². The van der Waals surface area contributed by atoms with E-state index in [1.807, 2.05) is 0 Å². The van der Waals surface area contributed by atoms with Crippen molar-refractivity contribution in [2.75, 3.05) is 6.61 Å². The number of phenolic OH excluding ortho intramolecular Hbond substituents is 1. The summed E-state index contributed by atoms with van der Waals surface area (Å²) in [5.74, 6) is -0.112. The smallest absolute Gasteiger partial charge is 0.306 e. The van der Waals surface area contributed by atoms with Crippen LogP contribution in [0.1, 0.15) is 12.0 Å². The molecule has 0 radical (unpaired) electrons. The lowest BCUT2D eigenvalue weighted by Gasteiger charge is -2.07. The van der Waals surface area contributed by atoms with Gasteiger partial charge in [-0.15, -0.1) is 0 Å². The van der Waals surface area contributed by atoms with Gasteiger partial charge in [0, 0.05) is 0 Å². The predicted molar refractivity (Wildman–Crippen MR) is 50.6 cm³/mol. The van der Waals surface area contributed by atoms with E-state index in [2.05, 4.69) is 0 Å². The highest BCUT2D eigenvalue weighted by atomic mass is 16.5. The van der Waals surface area contributed by atoms with Crippen molar-refractivity contribution in [1.29, 1.82) is 0 Å². The Labute approximate surface area is 81.8 Å². The van der Waals surface area contributed by atoms with E-state index in [0.29, 0.717) is 5.75 Å². The summed E-state index contributed by atoms with van der Waals surface area (Å²) in [4.78, 5) is 10.2. The van der Waals surface area contributed by atoms with E-state index in [-0.39, 0.29) is 18.8 Å². The van der Waals surface area contributed by atoms with Gasteiger partial charge in [0.25, 0.3) is 0 Å². The number of hydrogen-bond donors (Lipinski definition) is 2. The average molecular weight is 196 g/mol. The molecule has 76 valence electrons. The molecule has 0 fully saturated rings. The number of rotatable bonds is 4. The first-order valence-electron chi connectivity index (χ1n) is 4.24. The number of phenols is 1. The van der Waals surface area contributed by atoms with Gasteiger partial charge < -0.3 is 14.9 Å². The van der Waals surface area contributed by atoms with Gasteiger partial charge in [0.05, 0.1) is 13.0 Å². The molecule has 0 atom stereocenters. The van der Waals surface area contributed by atoms with Gasteiger partial charge in [-0.05, 0) is 30.7 Å². The molecule has 0 unspecified atom stereocenters. The van der Waals surface area contributed by atoms with Crippen LogP contribution >= 0.6 is 0 Å². The summed E-state index contributed by atoms with van der Waals surface area (Å²) in [5.41, 5.74) is 0.787. The van der Waals surface area contributed by atoms with E-state index in [4.69, 9.17) is 14.9 Å². The highest BCUT2D eigenvalue weighted by molar-refractivity contribution is 5.66. The summed E-state index contributed by atoms with van der Waals surface area (Å²) in [7, 11) is 0. The summed E-state index contributed by atoms with van der Waals surface area (Å²) in [6, 6.07) is 4.69. The van der Waals surface area contributed by atoms with Crippen LogP contribution in [0.5, 0.6) is 11.5 Å². The van der Waals surface area contributed by atoms with Gasteiger partial charge in [-0.2, -0.15) is 0 Å². The van der Waals surface area contributed by atoms with Crippen molar-refractivity contribution in [2.24, 2.45) is 0 Å². The molecule has 0 aromatic heterocycles. The summed E-state index contributed by atoms with van der Waals surface area (Å²) in [5, 5.41) is 17.5. The molecule has 0 heterocycles. The number of ether oxygens (including phenoxy) is 1. The Morgan fingerprint density at radius 3 is 2.79 bits per heavy atom. The third-order valence-electron chi connectivity index (χ3n) is 1.73. The van der Waals surface area contributed by atoms with E-state index in [0.717, 1.165) is 5.56 Å². The third-order valence-corrected chi connectivity index (χ3v) is 1.73. The van der Waals surface area contributed by atoms with E-state index in [9.17, 15) is 4.79 Å². The van der Waals surface area contributed by atoms with Crippen LogP contribution in [-0.2, 0) is 4.79 Å². The molecular formula is C10H12O4. The summed E-state index contributed by atoms with van der Waals surface area (Å²) in [6.07, 6.45) is -0.0275. The molecule has 14 heavy (non-hydrogen) atoms. The Morgan fingerprint density at radius 1 is 1.50 bits per heavy atom. The number of aliphatic carboxylic acids is 1. The van der Waals surface area contributed by atoms with Crippen molar-refractivity contribution in [3.8, 4) is 11.5 Å². The normalized spacial score (nSPS) is 9.79. The molecule has 4 nitrogen and oxygen atoms in total. The van der Waals surface area contributed by atoms with Gasteiger partial charge in [0.15, 0.2) is 0 Å². The first-order chi connectivity index (χ1) is 6.59. The fraction of sp³-hybridized carbons (Fsp3) is 0.300. The lowest BCUT2D eigenvalue weighted by Crippen LogP contribution is -2.05. The molecule has 4 heteroatoms. The first-order valence-corrected chi connectivity index (χ1v) is 4.24. The van der Waals surface area contributed by atoms with Crippen molar-refractivity contribution in [2.45, 2.75) is 13.3 Å². The average Bonchev–Trinajstić information content (AvgIpc) is 2.08. The van der Waals surface area contributed by atoms with Crippen LogP contribution < -0.4 is 4.74 Å². The number of aromatic hydroxyl groups is 1. The van der Waals surface area contributed by atoms with Crippen molar-refractivity contribution in [3.63, 3.8) is 0 Å². The van der Waals surface area contributed by atoms with Gasteiger partial charge in [-0.25, -0.2) is 0 Å². The molecule has 0 bridgehead atoms. The maximum atomic E-state index is 10.2. The predicted octanol–water partition coefficient (Wildman–Crippen LogP) is 1.55. The fourth-order valence-corrected chi connectivity index (χ4v) is 1.04. The number of hydrogen-bond acceptors (Lipinski definition) is 3. The molecule has 0 saturated carbocycles. The van der Waals surface area contributed by atoms with Crippen LogP contribution in [0, 0.1) is 6.92 Å². The lowest BCUT2D eigenvalue weighted by molar-refractivity contribution is -0.137. The Hall–Kier alpha value is -1.71. The zero-order valence-electron chi connectivity index (χ0n) is 7.86. The van der Waals surface area contributed by atoms with E-state index in [1.165, 1.54) is 6.07 Å². The van der Waals surface area contributed by atoms with Gasteiger partial charge in [0.2, 0.25) is 0 Å². The minimum atomic E-state index is -0.888. The minimum Gasteiger partial charge on any atom is -0.508 e. The molecular weight excluding hydrogens is 184 g/mol. The van der Waals surface area contributed by atoms with E-state index >= 15 is 0 Å². The van der Waals surface area contributed by atoms with Crippen LogP contribution in [0.2, 0.25) is 0 Å². The Bertz CT molecular complexity index is 333. The highest BCUT2D eigenvalue weighted by Gasteiger charge is 2.02. The molecule has 0 aliphatic rings. The van der Waals surface area contributed by atoms with Gasteiger partial charge in [0.1, 0.15) is 11.5 Å². The number of aryl methyl sites for hydroxylation is 1. The topological polar surface area (TPSA) is 66.8 Å². The molecule has 0 aliphatic carbocycles. The summed E-state index contributed by atoms with van der Waals surface area (Å²) < 4.78 is 5.21. The second-order valence-corrected chi connectivity index (χ2v) is 2.94. The third kappa shape index (κ3) is 2.97. The molecule has 1 aromatic carbocycles. The zero-order chi connectivity index (χ0) is 10.6. The fourth-order valence-electron chi connectivity index (χ4n) is 1.04. The minimum absolute atomic E-state index is 0.0275. The number of carbonyl (C=O) groups is 1. The van der Waals surface area contributed by atoms with Crippen molar-refractivity contribution >= 4 is 5.97 Å². The van der Waals surface area contributed by atoms with Crippen LogP contribution in [0.4, 0.5) is 0 Å². The van der Waals surface area contributed by atoms with Crippen LogP contribution in [-0.4, -0.2) is 22.8 Å². The van der Waals surface area contributed by atoms with Gasteiger partial charge in [-0.1, -0.05) is 0 Å². The standard InChI is InChI=1S/C10H12O4/c1-7-6-8(11)2-3-9(7)14-5-4-10(12)13/h2-3,6,11H,4-5H2,1H3,(H,12,13). The van der Waals surface area contributed by atoms with Crippen molar-refractivity contribution in [3.05, 3.63) is 23.8 Å². The monoisotopic (exact) mass is 196 g/mol. The van der Waals surface area contributed by atoms with Crippen molar-refractivity contribution < 1.29 is 19.7 Å². The molecule has 0 spiro atoms. The lowest BCUT2D eigenvalue weighted by atomic mass is 10.2. The zero-order valence-corrected chi connectivity index (χ0v) is 7.86. The van der Waals surface area contributed by atoms with Crippen LogP contribution in [0.3, 0.4) is 0 Å². The number of carboxylic acid groups (broad SMARTS) is 1. The number of carboxylic acids is 1. The van der Waals surface area contributed by atoms with Crippen molar-refractivity contribution in [1.82, 2.24) is 0 Å². The van der Waals surface area contributed by atoms with Crippen LogP contribution in [0.15, 0.2) is 18.2 Å². The molecule has 0 aliphatic heterocycles. The molecule has 2 N–H and O–H groups in total. The Morgan fingerprint density at radius 2 is 2.21 bits per heavy atom. The molecule has 0 saturated heterocycles.